The molecule has 2 rings (SSSR count). The molecule has 0 spiro atoms. The largest absolute Gasteiger partial charge is 0.462 e. The molecule has 5 nitrogen and oxygen atoms in total. The van der Waals surface area contributed by atoms with Gasteiger partial charge in [0, 0.05) is 12.4 Å². The number of ether oxygens (including phenoxy) is 1. The Morgan fingerprint density at radius 3 is 2.68 bits per heavy atom. The minimum atomic E-state index is -0.638. The maximum atomic E-state index is 12.0. The lowest BCUT2D eigenvalue weighted by atomic mass is 10.3. The van der Waals surface area contributed by atoms with E-state index in [0.29, 0.717) is 5.65 Å². The Morgan fingerprint density at radius 1 is 1.37 bits per heavy atom. The summed E-state index contributed by atoms with van der Waals surface area (Å²) in [6.45, 7) is 7.78. The molecular formula is C14H18N2O3. The Balaban J connectivity index is 0.000000861. The van der Waals surface area contributed by atoms with E-state index in [1.54, 1.807) is 19.2 Å². The van der Waals surface area contributed by atoms with Gasteiger partial charge < -0.3 is 4.74 Å². The van der Waals surface area contributed by atoms with E-state index in [1.807, 2.05) is 26.8 Å². The lowest BCUT2D eigenvalue weighted by Gasteiger charge is -2.04. The second-order valence-corrected chi connectivity index (χ2v) is 3.63. The highest BCUT2D eigenvalue weighted by Crippen LogP contribution is 2.02. The van der Waals surface area contributed by atoms with E-state index in [4.69, 9.17) is 4.74 Å². The van der Waals surface area contributed by atoms with Crippen LogP contribution in [0.1, 0.15) is 36.7 Å². The van der Waals surface area contributed by atoms with Crippen molar-refractivity contribution in [3.8, 4) is 0 Å². The van der Waals surface area contributed by atoms with E-state index in [2.05, 4.69) is 4.98 Å². The number of aryl methyl sites for hydroxylation is 1. The van der Waals surface area contributed by atoms with Crippen LogP contribution in [0, 0.1) is 6.92 Å². The highest BCUT2D eigenvalue weighted by Gasteiger charge is 2.13. The fourth-order valence-electron chi connectivity index (χ4n) is 1.53. The van der Waals surface area contributed by atoms with Gasteiger partial charge in [-0.1, -0.05) is 19.9 Å². The van der Waals surface area contributed by atoms with Crippen LogP contribution in [0.15, 0.2) is 29.3 Å². The topological polar surface area (TPSA) is 60.7 Å². The van der Waals surface area contributed by atoms with Gasteiger partial charge in [-0.2, -0.15) is 0 Å². The molecule has 0 bridgehead atoms. The van der Waals surface area contributed by atoms with Gasteiger partial charge >= 0.3 is 5.97 Å². The average Bonchev–Trinajstić information content (AvgIpc) is 2.42. The molecule has 0 saturated heterocycles. The van der Waals surface area contributed by atoms with Crippen molar-refractivity contribution in [2.75, 3.05) is 6.61 Å². The van der Waals surface area contributed by atoms with Crippen molar-refractivity contribution in [2.24, 2.45) is 0 Å². The zero-order chi connectivity index (χ0) is 14.4. The molecule has 0 aliphatic heterocycles. The summed E-state index contributed by atoms with van der Waals surface area (Å²) >= 11 is 0. The Labute approximate surface area is 111 Å². The molecule has 5 heteroatoms. The first-order chi connectivity index (χ1) is 9.13. The molecule has 0 unspecified atom stereocenters. The van der Waals surface area contributed by atoms with Gasteiger partial charge in [-0.3, -0.25) is 9.20 Å². The zero-order valence-corrected chi connectivity index (χ0v) is 11.6. The van der Waals surface area contributed by atoms with E-state index in [1.165, 1.54) is 10.6 Å². The number of carbonyl (C=O) groups is 1. The summed E-state index contributed by atoms with van der Waals surface area (Å²) in [4.78, 5) is 27.6. The third-order valence-corrected chi connectivity index (χ3v) is 2.35. The highest BCUT2D eigenvalue weighted by atomic mass is 16.5. The minimum Gasteiger partial charge on any atom is -0.462 e. The van der Waals surface area contributed by atoms with Crippen LogP contribution in [0.2, 0.25) is 0 Å². The highest BCUT2D eigenvalue weighted by molar-refractivity contribution is 5.88. The summed E-state index contributed by atoms with van der Waals surface area (Å²) in [5, 5.41) is 0. The number of aromatic nitrogens is 2. The smallest absolute Gasteiger partial charge is 0.345 e. The second-order valence-electron chi connectivity index (χ2n) is 3.63. The Bertz CT molecular complexity index is 632. The predicted molar refractivity (Wildman–Crippen MR) is 73.5 cm³/mol. The van der Waals surface area contributed by atoms with Crippen molar-refractivity contribution >= 4 is 11.6 Å². The predicted octanol–water partition coefficient (Wildman–Crippen LogP) is 2.21. The number of pyridine rings is 1. The van der Waals surface area contributed by atoms with Crippen LogP contribution in [0.5, 0.6) is 0 Å². The average molecular weight is 262 g/mol. The van der Waals surface area contributed by atoms with E-state index >= 15 is 0 Å². The van der Waals surface area contributed by atoms with E-state index < -0.39 is 11.5 Å². The van der Waals surface area contributed by atoms with Crippen LogP contribution in [0.25, 0.3) is 5.65 Å². The van der Waals surface area contributed by atoms with E-state index in [-0.39, 0.29) is 12.2 Å². The zero-order valence-electron chi connectivity index (χ0n) is 11.6. The summed E-state index contributed by atoms with van der Waals surface area (Å²) in [6.07, 6.45) is 2.90. The van der Waals surface area contributed by atoms with Gasteiger partial charge in [-0.25, -0.2) is 9.78 Å². The fraction of sp³-hybridized carbons (Fsp3) is 0.357. The Morgan fingerprint density at radius 2 is 2.05 bits per heavy atom. The van der Waals surface area contributed by atoms with Crippen LogP contribution in [-0.4, -0.2) is 22.0 Å². The molecule has 0 fully saturated rings. The Kier molecular flexibility index (Phi) is 5.23. The summed E-state index contributed by atoms with van der Waals surface area (Å²) in [7, 11) is 0. The molecule has 0 aliphatic carbocycles. The van der Waals surface area contributed by atoms with E-state index in [0.717, 1.165) is 5.56 Å². The summed E-state index contributed by atoms with van der Waals surface area (Å²) in [6, 6.07) is 3.58. The molecule has 0 atom stereocenters. The summed E-state index contributed by atoms with van der Waals surface area (Å²) < 4.78 is 6.14. The quantitative estimate of drug-likeness (QED) is 0.778. The standard InChI is InChI=1S/C12H12N2O3.C2H6/c1-3-17-12(16)9-6-13-10-5-4-8(2)7-14(10)11(9)15;1-2/h4-7H,3H2,1-2H3;1-2H3. The van der Waals surface area contributed by atoms with Crippen molar-refractivity contribution in [1.29, 1.82) is 0 Å². The van der Waals surface area contributed by atoms with Gasteiger partial charge in [0.1, 0.15) is 11.2 Å². The molecular weight excluding hydrogens is 244 g/mol. The summed E-state index contributed by atoms with van der Waals surface area (Å²) in [5.74, 6) is -0.638. The van der Waals surface area contributed by atoms with Gasteiger partial charge in [0.25, 0.3) is 5.56 Å². The van der Waals surface area contributed by atoms with Crippen LogP contribution in [-0.2, 0) is 4.74 Å². The lowest BCUT2D eigenvalue weighted by Crippen LogP contribution is -2.24. The van der Waals surface area contributed by atoms with Crippen molar-refractivity contribution in [2.45, 2.75) is 27.7 Å². The third kappa shape index (κ3) is 3.19. The lowest BCUT2D eigenvalue weighted by molar-refractivity contribution is 0.0523. The van der Waals surface area contributed by atoms with Crippen LogP contribution >= 0.6 is 0 Å². The van der Waals surface area contributed by atoms with Crippen LogP contribution in [0.4, 0.5) is 0 Å². The number of hydrogen-bond donors (Lipinski definition) is 0. The molecule has 0 aliphatic rings. The second kappa shape index (κ2) is 6.68. The third-order valence-electron chi connectivity index (χ3n) is 2.35. The van der Waals surface area contributed by atoms with Gasteiger partial charge in [-0.15, -0.1) is 0 Å². The number of fused-ring (bicyclic) bond motifs is 1. The summed E-state index contributed by atoms with van der Waals surface area (Å²) in [5.41, 5.74) is 0.975. The normalized spacial score (nSPS) is 9.68. The maximum Gasteiger partial charge on any atom is 0.345 e. The maximum absolute atomic E-state index is 12.0. The molecule has 0 saturated carbocycles. The molecule has 2 aromatic rings. The fourth-order valence-corrected chi connectivity index (χ4v) is 1.53. The molecule has 0 aromatic carbocycles. The van der Waals surface area contributed by atoms with Crippen molar-refractivity contribution in [3.05, 3.63) is 46.0 Å². The molecule has 102 valence electrons. The monoisotopic (exact) mass is 262 g/mol. The van der Waals surface area contributed by atoms with Gasteiger partial charge in [-0.05, 0) is 25.5 Å². The first-order valence-electron chi connectivity index (χ1n) is 6.28. The molecule has 0 radical (unpaired) electrons. The van der Waals surface area contributed by atoms with Crippen molar-refractivity contribution < 1.29 is 9.53 Å². The number of carbonyl (C=O) groups excluding carboxylic acids is 1. The Hall–Kier alpha value is -2.17. The van der Waals surface area contributed by atoms with Gasteiger partial charge in [0.15, 0.2) is 0 Å². The number of esters is 1. The SMILES string of the molecule is CC.CCOC(=O)c1cnc2ccc(C)cn2c1=O. The molecule has 0 N–H and O–H groups in total. The van der Waals surface area contributed by atoms with E-state index in [9.17, 15) is 9.59 Å². The molecule has 19 heavy (non-hydrogen) atoms. The molecule has 2 heterocycles. The molecule has 2 aromatic heterocycles. The first-order valence-corrected chi connectivity index (χ1v) is 6.28. The van der Waals surface area contributed by atoms with Crippen molar-refractivity contribution in [3.63, 3.8) is 0 Å². The number of hydrogen-bond acceptors (Lipinski definition) is 4. The van der Waals surface area contributed by atoms with Gasteiger partial charge in [0.05, 0.1) is 6.61 Å². The van der Waals surface area contributed by atoms with Crippen LogP contribution < -0.4 is 5.56 Å². The molecule has 0 amide bonds. The van der Waals surface area contributed by atoms with Gasteiger partial charge in [0.2, 0.25) is 0 Å². The van der Waals surface area contributed by atoms with Crippen LogP contribution in [0.3, 0.4) is 0 Å². The minimum absolute atomic E-state index is 0.0463. The first kappa shape index (κ1) is 14.9. The van der Waals surface area contributed by atoms with Crippen molar-refractivity contribution in [1.82, 2.24) is 9.38 Å². The number of nitrogens with zero attached hydrogens (tertiary/aromatic N) is 2. The number of rotatable bonds is 2.